The standard InChI is InChI=1S/C17H15BrN2O/c1-10-7-13(8-11(2)16(10)18)20-15(19)9-12-5-3-4-6-14(12)17(20)21/h3-9H,19H2,1-2H3. The van der Waals surface area contributed by atoms with Gasteiger partial charge in [-0.2, -0.15) is 0 Å². The first kappa shape index (κ1) is 13.9. The minimum absolute atomic E-state index is 0.0910. The third-order valence-corrected chi connectivity index (χ3v) is 4.89. The molecular weight excluding hydrogens is 328 g/mol. The van der Waals surface area contributed by atoms with E-state index < -0.39 is 0 Å². The zero-order valence-electron chi connectivity index (χ0n) is 11.9. The van der Waals surface area contributed by atoms with Crippen LogP contribution in [0, 0.1) is 13.8 Å². The Balaban J connectivity index is 2.38. The average molecular weight is 343 g/mol. The summed E-state index contributed by atoms with van der Waals surface area (Å²) in [6, 6.07) is 13.3. The number of nitrogens with two attached hydrogens (primary N) is 1. The number of hydrogen-bond donors (Lipinski definition) is 1. The highest BCUT2D eigenvalue weighted by atomic mass is 79.9. The molecule has 0 saturated heterocycles. The lowest BCUT2D eigenvalue weighted by Gasteiger charge is -2.14. The van der Waals surface area contributed by atoms with Crippen molar-refractivity contribution in [2.75, 3.05) is 5.73 Å². The second-order valence-corrected chi connectivity index (χ2v) is 5.98. The molecule has 0 unspecified atom stereocenters. The highest BCUT2D eigenvalue weighted by Crippen LogP contribution is 2.25. The molecule has 0 amide bonds. The van der Waals surface area contributed by atoms with Crippen molar-refractivity contribution < 1.29 is 0 Å². The van der Waals surface area contributed by atoms with Crippen molar-refractivity contribution in [2.24, 2.45) is 0 Å². The Hall–Kier alpha value is -2.07. The Morgan fingerprint density at radius 1 is 1.05 bits per heavy atom. The van der Waals surface area contributed by atoms with Gasteiger partial charge in [-0.3, -0.25) is 9.36 Å². The van der Waals surface area contributed by atoms with Gasteiger partial charge in [0.25, 0.3) is 5.56 Å². The molecule has 0 aliphatic heterocycles. The Labute approximate surface area is 131 Å². The molecule has 3 nitrogen and oxygen atoms in total. The van der Waals surface area contributed by atoms with Crippen molar-refractivity contribution in [3.05, 3.63) is 68.4 Å². The van der Waals surface area contributed by atoms with Crippen LogP contribution in [0.15, 0.2) is 51.7 Å². The van der Waals surface area contributed by atoms with Crippen LogP contribution in [0.4, 0.5) is 5.82 Å². The number of pyridine rings is 1. The monoisotopic (exact) mass is 342 g/mol. The van der Waals surface area contributed by atoms with Gasteiger partial charge in [0, 0.05) is 9.86 Å². The zero-order chi connectivity index (χ0) is 15.1. The van der Waals surface area contributed by atoms with Gasteiger partial charge in [0.1, 0.15) is 5.82 Å². The molecule has 21 heavy (non-hydrogen) atoms. The summed E-state index contributed by atoms with van der Waals surface area (Å²) in [5.41, 5.74) is 8.96. The number of fused-ring (bicyclic) bond motifs is 1. The van der Waals surface area contributed by atoms with Crippen LogP contribution in [0.1, 0.15) is 11.1 Å². The molecule has 0 spiro atoms. The number of anilines is 1. The van der Waals surface area contributed by atoms with Gasteiger partial charge in [-0.25, -0.2) is 0 Å². The molecule has 3 rings (SSSR count). The van der Waals surface area contributed by atoms with Crippen LogP contribution >= 0.6 is 15.9 Å². The van der Waals surface area contributed by atoms with Crippen molar-refractivity contribution >= 4 is 32.5 Å². The summed E-state index contributed by atoms with van der Waals surface area (Å²) in [5, 5.41) is 1.53. The van der Waals surface area contributed by atoms with Gasteiger partial charge >= 0.3 is 0 Å². The van der Waals surface area contributed by atoms with Crippen LogP contribution < -0.4 is 11.3 Å². The van der Waals surface area contributed by atoms with E-state index in [4.69, 9.17) is 5.73 Å². The number of nitrogens with zero attached hydrogens (tertiary/aromatic N) is 1. The van der Waals surface area contributed by atoms with E-state index in [9.17, 15) is 4.79 Å². The van der Waals surface area contributed by atoms with Crippen LogP contribution in [0.3, 0.4) is 0 Å². The van der Waals surface area contributed by atoms with Gasteiger partial charge in [-0.05, 0) is 54.6 Å². The molecule has 2 aromatic carbocycles. The van der Waals surface area contributed by atoms with E-state index in [1.54, 1.807) is 4.57 Å². The molecule has 4 heteroatoms. The van der Waals surface area contributed by atoms with Gasteiger partial charge < -0.3 is 5.73 Å². The van der Waals surface area contributed by atoms with Crippen molar-refractivity contribution in [3.8, 4) is 5.69 Å². The van der Waals surface area contributed by atoms with Gasteiger partial charge in [0.05, 0.1) is 5.69 Å². The smallest absolute Gasteiger partial charge is 0.264 e. The van der Waals surface area contributed by atoms with Crippen LogP contribution in [0.5, 0.6) is 0 Å². The van der Waals surface area contributed by atoms with Crippen molar-refractivity contribution in [1.29, 1.82) is 0 Å². The van der Waals surface area contributed by atoms with Crippen molar-refractivity contribution in [1.82, 2.24) is 4.57 Å². The normalized spacial score (nSPS) is 11.0. The summed E-state index contributed by atoms with van der Waals surface area (Å²) < 4.78 is 2.62. The maximum Gasteiger partial charge on any atom is 0.264 e. The second kappa shape index (κ2) is 5.04. The van der Waals surface area contributed by atoms with Crippen LogP contribution in [0.2, 0.25) is 0 Å². The summed E-state index contributed by atoms with van der Waals surface area (Å²) >= 11 is 3.54. The predicted octanol–water partition coefficient (Wildman–Crippen LogP) is 3.95. The largest absolute Gasteiger partial charge is 0.385 e. The maximum absolute atomic E-state index is 12.7. The number of rotatable bonds is 1. The molecular formula is C17H15BrN2O. The van der Waals surface area contributed by atoms with Crippen LogP contribution in [0.25, 0.3) is 16.5 Å². The third-order valence-electron chi connectivity index (χ3n) is 3.64. The van der Waals surface area contributed by atoms with Gasteiger partial charge in [0.2, 0.25) is 0 Å². The van der Waals surface area contributed by atoms with E-state index in [-0.39, 0.29) is 5.56 Å². The second-order valence-electron chi connectivity index (χ2n) is 5.19. The maximum atomic E-state index is 12.7. The summed E-state index contributed by atoms with van der Waals surface area (Å²) in [7, 11) is 0. The third kappa shape index (κ3) is 2.25. The summed E-state index contributed by atoms with van der Waals surface area (Å²) in [6.07, 6.45) is 0. The quantitative estimate of drug-likeness (QED) is 0.727. The first-order chi connectivity index (χ1) is 9.99. The summed E-state index contributed by atoms with van der Waals surface area (Å²) in [4.78, 5) is 12.7. The van der Waals surface area contributed by atoms with E-state index in [0.717, 1.165) is 26.7 Å². The van der Waals surface area contributed by atoms with Crippen LogP contribution in [-0.2, 0) is 0 Å². The Kier molecular flexibility index (Phi) is 3.33. The molecule has 0 saturated carbocycles. The van der Waals surface area contributed by atoms with E-state index in [1.165, 1.54) is 0 Å². The predicted molar refractivity (Wildman–Crippen MR) is 91.1 cm³/mol. The fourth-order valence-electron chi connectivity index (χ4n) is 2.60. The summed E-state index contributed by atoms with van der Waals surface area (Å²) in [5.74, 6) is 0.444. The molecule has 2 N–H and O–H groups in total. The minimum atomic E-state index is -0.0910. The number of aryl methyl sites for hydroxylation is 2. The van der Waals surface area contributed by atoms with Crippen molar-refractivity contribution in [2.45, 2.75) is 13.8 Å². The molecule has 106 valence electrons. The lowest BCUT2D eigenvalue weighted by molar-refractivity contribution is 1.01. The van der Waals surface area contributed by atoms with E-state index in [2.05, 4.69) is 15.9 Å². The van der Waals surface area contributed by atoms with E-state index in [0.29, 0.717) is 11.2 Å². The molecule has 1 aromatic heterocycles. The van der Waals surface area contributed by atoms with E-state index in [1.807, 2.05) is 56.3 Å². The molecule has 0 fully saturated rings. The topological polar surface area (TPSA) is 48.0 Å². The highest BCUT2D eigenvalue weighted by Gasteiger charge is 2.11. The lowest BCUT2D eigenvalue weighted by atomic mass is 10.1. The molecule has 0 atom stereocenters. The Bertz CT molecular complexity index is 889. The Morgan fingerprint density at radius 3 is 2.33 bits per heavy atom. The SMILES string of the molecule is Cc1cc(-n2c(N)cc3ccccc3c2=O)cc(C)c1Br. The number of hydrogen-bond acceptors (Lipinski definition) is 2. The minimum Gasteiger partial charge on any atom is -0.385 e. The molecule has 0 radical (unpaired) electrons. The van der Waals surface area contributed by atoms with E-state index >= 15 is 0 Å². The van der Waals surface area contributed by atoms with Gasteiger partial charge in [-0.15, -0.1) is 0 Å². The summed E-state index contributed by atoms with van der Waals surface area (Å²) in [6.45, 7) is 4.01. The van der Waals surface area contributed by atoms with Gasteiger partial charge in [0.15, 0.2) is 0 Å². The fourth-order valence-corrected chi connectivity index (χ4v) is 2.83. The van der Waals surface area contributed by atoms with Gasteiger partial charge in [-0.1, -0.05) is 34.1 Å². The van der Waals surface area contributed by atoms with Crippen LogP contribution in [-0.4, -0.2) is 4.57 Å². The first-order valence-electron chi connectivity index (χ1n) is 6.66. The average Bonchev–Trinajstić information content (AvgIpc) is 2.44. The molecule has 1 heterocycles. The number of halogens is 1. The van der Waals surface area contributed by atoms with Crippen molar-refractivity contribution in [3.63, 3.8) is 0 Å². The number of aromatic nitrogens is 1. The lowest BCUT2D eigenvalue weighted by Crippen LogP contribution is -2.21. The molecule has 3 aromatic rings. The number of nitrogen functional groups attached to an aromatic ring is 1. The molecule has 0 bridgehead atoms. The zero-order valence-corrected chi connectivity index (χ0v) is 13.4. The Morgan fingerprint density at radius 2 is 1.67 bits per heavy atom. The molecule has 0 aliphatic rings. The highest BCUT2D eigenvalue weighted by molar-refractivity contribution is 9.10. The first-order valence-corrected chi connectivity index (χ1v) is 7.46. The fraction of sp³-hybridized carbons (Fsp3) is 0.118. The molecule has 0 aliphatic carbocycles. The number of benzene rings is 2.